The zero-order chi connectivity index (χ0) is 19.1. The van der Waals surface area contributed by atoms with Crippen molar-refractivity contribution in [3.63, 3.8) is 0 Å². The number of halogens is 3. The molecule has 0 aliphatic rings. The number of amides is 2. The summed E-state index contributed by atoms with van der Waals surface area (Å²) < 4.78 is 5.04. The van der Waals surface area contributed by atoms with Gasteiger partial charge in [-0.2, -0.15) is 0 Å². The van der Waals surface area contributed by atoms with Gasteiger partial charge >= 0.3 is 0 Å². The molecule has 0 atom stereocenters. The predicted molar refractivity (Wildman–Crippen MR) is 105 cm³/mol. The predicted octanol–water partition coefficient (Wildman–Crippen LogP) is 4.80. The highest BCUT2D eigenvalue weighted by Gasteiger charge is 2.10. The second kappa shape index (κ2) is 9.67. The summed E-state index contributed by atoms with van der Waals surface area (Å²) in [6.07, 6.45) is 0.701. The molecular formula is C18H17Cl3N2O3. The van der Waals surface area contributed by atoms with Crippen LogP contribution in [0.4, 0.5) is 5.69 Å². The molecule has 2 aromatic rings. The molecule has 0 saturated heterocycles. The van der Waals surface area contributed by atoms with E-state index in [-0.39, 0.29) is 18.2 Å². The zero-order valence-corrected chi connectivity index (χ0v) is 16.2. The van der Waals surface area contributed by atoms with Crippen LogP contribution in [-0.4, -0.2) is 25.5 Å². The van der Waals surface area contributed by atoms with Crippen molar-refractivity contribution in [2.75, 3.05) is 19.0 Å². The van der Waals surface area contributed by atoms with Gasteiger partial charge in [0.2, 0.25) is 5.91 Å². The molecule has 0 saturated carbocycles. The Morgan fingerprint density at radius 1 is 1.00 bits per heavy atom. The van der Waals surface area contributed by atoms with E-state index in [1.807, 2.05) is 0 Å². The van der Waals surface area contributed by atoms with Crippen molar-refractivity contribution in [1.82, 2.24) is 5.32 Å². The number of rotatable bonds is 7. The molecule has 5 nitrogen and oxygen atoms in total. The first-order chi connectivity index (χ1) is 12.4. The molecule has 0 fully saturated rings. The number of hydrogen-bond acceptors (Lipinski definition) is 3. The van der Waals surface area contributed by atoms with Gasteiger partial charge in [0.15, 0.2) is 0 Å². The molecule has 138 valence electrons. The van der Waals surface area contributed by atoms with Crippen LogP contribution in [0.25, 0.3) is 0 Å². The van der Waals surface area contributed by atoms with Crippen LogP contribution in [0.5, 0.6) is 5.75 Å². The maximum Gasteiger partial charge on any atom is 0.251 e. The van der Waals surface area contributed by atoms with Gasteiger partial charge in [0.05, 0.1) is 27.9 Å². The Labute approximate surface area is 166 Å². The lowest BCUT2D eigenvalue weighted by molar-refractivity contribution is -0.116. The number of methoxy groups -OCH3 is 1. The van der Waals surface area contributed by atoms with Crippen LogP contribution in [-0.2, 0) is 4.79 Å². The van der Waals surface area contributed by atoms with Crippen molar-refractivity contribution in [2.45, 2.75) is 12.8 Å². The molecule has 2 aromatic carbocycles. The molecule has 2 N–H and O–H groups in total. The third-order valence-corrected chi connectivity index (χ3v) is 4.54. The maximum absolute atomic E-state index is 12.0. The first-order valence-corrected chi connectivity index (χ1v) is 8.90. The van der Waals surface area contributed by atoms with Gasteiger partial charge in [-0.1, -0.05) is 34.8 Å². The molecule has 0 aromatic heterocycles. The highest BCUT2D eigenvalue weighted by molar-refractivity contribution is 6.44. The van der Waals surface area contributed by atoms with Crippen LogP contribution >= 0.6 is 34.8 Å². The molecule has 8 heteroatoms. The summed E-state index contributed by atoms with van der Waals surface area (Å²) in [6, 6.07) is 9.73. The van der Waals surface area contributed by atoms with Crippen molar-refractivity contribution in [1.29, 1.82) is 0 Å². The van der Waals surface area contributed by atoms with E-state index < -0.39 is 0 Å². The molecule has 0 aliphatic carbocycles. The van der Waals surface area contributed by atoms with Crippen LogP contribution in [0.15, 0.2) is 36.4 Å². The number of carbonyl (C=O) groups excluding carboxylic acids is 2. The summed E-state index contributed by atoms with van der Waals surface area (Å²) in [6.45, 7) is 0.368. The summed E-state index contributed by atoms with van der Waals surface area (Å²) in [5, 5.41) is 6.35. The van der Waals surface area contributed by atoms with Gasteiger partial charge in [-0.15, -0.1) is 0 Å². The van der Waals surface area contributed by atoms with Crippen LogP contribution in [0.3, 0.4) is 0 Å². The van der Waals surface area contributed by atoms with E-state index in [2.05, 4.69) is 10.6 Å². The second-order valence-corrected chi connectivity index (χ2v) is 6.60. The third kappa shape index (κ3) is 5.80. The zero-order valence-electron chi connectivity index (χ0n) is 13.9. The normalized spacial score (nSPS) is 10.3. The molecule has 0 radical (unpaired) electrons. The summed E-state index contributed by atoms with van der Waals surface area (Å²) >= 11 is 17.8. The highest BCUT2D eigenvalue weighted by Crippen LogP contribution is 2.32. The van der Waals surface area contributed by atoms with Gasteiger partial charge in [0.1, 0.15) is 5.75 Å². The smallest absolute Gasteiger partial charge is 0.251 e. The fraction of sp³-hybridized carbons (Fsp3) is 0.222. The summed E-state index contributed by atoms with van der Waals surface area (Å²) in [5.41, 5.74) is 0.922. The molecule has 0 heterocycles. The average molecular weight is 416 g/mol. The molecule has 0 aliphatic heterocycles. The minimum atomic E-state index is -0.232. The van der Waals surface area contributed by atoms with Crippen LogP contribution < -0.4 is 15.4 Å². The molecule has 26 heavy (non-hydrogen) atoms. The van der Waals surface area contributed by atoms with Crippen LogP contribution in [0.1, 0.15) is 23.2 Å². The topological polar surface area (TPSA) is 67.4 Å². The number of carbonyl (C=O) groups is 2. The summed E-state index contributed by atoms with van der Waals surface area (Å²) in [4.78, 5) is 24.0. The van der Waals surface area contributed by atoms with E-state index in [9.17, 15) is 9.59 Å². The van der Waals surface area contributed by atoms with Crippen LogP contribution in [0, 0.1) is 0 Å². The molecule has 2 amide bonds. The lowest BCUT2D eigenvalue weighted by Gasteiger charge is -2.09. The fourth-order valence-electron chi connectivity index (χ4n) is 2.13. The van der Waals surface area contributed by atoms with Crippen molar-refractivity contribution >= 4 is 52.3 Å². The number of anilines is 1. The van der Waals surface area contributed by atoms with Crippen molar-refractivity contribution in [3.05, 3.63) is 57.0 Å². The Morgan fingerprint density at radius 2 is 1.65 bits per heavy atom. The lowest BCUT2D eigenvalue weighted by Crippen LogP contribution is -2.25. The second-order valence-electron chi connectivity index (χ2n) is 5.38. The number of hydrogen-bond donors (Lipinski definition) is 2. The Bertz CT molecular complexity index is 795. The summed E-state index contributed by atoms with van der Waals surface area (Å²) in [5.74, 6) is 0.240. The minimum Gasteiger partial charge on any atom is -0.497 e. The number of benzene rings is 2. The van der Waals surface area contributed by atoms with E-state index >= 15 is 0 Å². The van der Waals surface area contributed by atoms with Gasteiger partial charge in [0, 0.05) is 18.5 Å². The van der Waals surface area contributed by atoms with Crippen molar-refractivity contribution < 1.29 is 14.3 Å². The molecule has 2 rings (SSSR count). The first kappa shape index (κ1) is 20.4. The maximum atomic E-state index is 12.0. The molecule has 0 spiro atoms. The van der Waals surface area contributed by atoms with Gasteiger partial charge in [-0.05, 0) is 42.8 Å². The Morgan fingerprint density at radius 3 is 2.31 bits per heavy atom. The Balaban J connectivity index is 1.76. The van der Waals surface area contributed by atoms with E-state index in [0.29, 0.717) is 45.0 Å². The van der Waals surface area contributed by atoms with E-state index in [1.54, 1.807) is 31.4 Å². The van der Waals surface area contributed by atoms with Gasteiger partial charge in [-0.25, -0.2) is 0 Å². The monoisotopic (exact) mass is 414 g/mol. The quantitative estimate of drug-likeness (QED) is 0.504. The van der Waals surface area contributed by atoms with Crippen molar-refractivity contribution in [2.24, 2.45) is 0 Å². The first-order valence-electron chi connectivity index (χ1n) is 7.77. The lowest BCUT2D eigenvalue weighted by atomic mass is 10.2. The standard InChI is InChI=1S/C18H17Cl3N2O3/c1-26-12-6-4-11(5-7-12)18(25)22-8-2-3-17(24)23-16-10-14(20)13(19)9-15(16)21/h4-7,9-10H,2-3,8H2,1H3,(H,22,25)(H,23,24). The minimum absolute atomic E-state index is 0.208. The molecule has 0 unspecified atom stereocenters. The van der Waals surface area contributed by atoms with Crippen molar-refractivity contribution in [3.8, 4) is 5.75 Å². The highest BCUT2D eigenvalue weighted by atomic mass is 35.5. The Hall–Kier alpha value is -1.95. The van der Waals surface area contributed by atoms with E-state index in [0.717, 1.165) is 0 Å². The van der Waals surface area contributed by atoms with E-state index in [4.69, 9.17) is 39.5 Å². The SMILES string of the molecule is COc1ccc(C(=O)NCCCC(=O)Nc2cc(Cl)c(Cl)cc2Cl)cc1. The fourth-order valence-corrected chi connectivity index (χ4v) is 2.72. The summed E-state index contributed by atoms with van der Waals surface area (Å²) in [7, 11) is 1.56. The number of ether oxygens (including phenoxy) is 1. The van der Waals surface area contributed by atoms with Gasteiger partial charge in [-0.3, -0.25) is 9.59 Å². The largest absolute Gasteiger partial charge is 0.497 e. The average Bonchev–Trinajstić information content (AvgIpc) is 2.63. The third-order valence-electron chi connectivity index (χ3n) is 3.50. The number of nitrogens with one attached hydrogen (secondary N) is 2. The Kier molecular flexibility index (Phi) is 7.57. The van der Waals surface area contributed by atoms with E-state index in [1.165, 1.54) is 12.1 Å². The molecule has 0 bridgehead atoms. The van der Waals surface area contributed by atoms with Crippen LogP contribution in [0.2, 0.25) is 15.1 Å². The van der Waals surface area contributed by atoms with Gasteiger partial charge in [0.25, 0.3) is 5.91 Å². The van der Waals surface area contributed by atoms with Gasteiger partial charge < -0.3 is 15.4 Å². The molecular weight excluding hydrogens is 399 g/mol.